The molecule has 3 aromatic rings. The van der Waals surface area contributed by atoms with E-state index in [4.69, 9.17) is 5.11 Å². The van der Waals surface area contributed by atoms with E-state index in [-0.39, 0.29) is 17.1 Å². The Kier molecular flexibility index (Phi) is 6.01. The van der Waals surface area contributed by atoms with Crippen molar-refractivity contribution in [3.05, 3.63) is 76.3 Å². The number of aromatic carboxylic acids is 1. The van der Waals surface area contributed by atoms with E-state index in [9.17, 15) is 30.3 Å². The van der Waals surface area contributed by atoms with Crippen LogP contribution in [0.3, 0.4) is 0 Å². The number of carboxylic acids is 1. The summed E-state index contributed by atoms with van der Waals surface area (Å²) in [4.78, 5) is 11.0. The molecule has 0 aromatic heterocycles. The Labute approximate surface area is 172 Å². The molecule has 7 heteroatoms. The minimum atomic E-state index is -1.19. The van der Waals surface area contributed by atoms with Gasteiger partial charge in [0.15, 0.2) is 17.2 Å². The summed E-state index contributed by atoms with van der Waals surface area (Å²) >= 11 is 0. The summed E-state index contributed by atoms with van der Waals surface area (Å²) in [6.45, 7) is 0. The number of carboxylic acid groups (broad SMARTS) is 1. The van der Waals surface area contributed by atoms with Gasteiger partial charge in [-0.1, -0.05) is 12.1 Å². The van der Waals surface area contributed by atoms with Gasteiger partial charge in [-0.3, -0.25) is 0 Å². The molecule has 0 unspecified atom stereocenters. The molecule has 0 spiro atoms. The van der Waals surface area contributed by atoms with E-state index in [1.54, 1.807) is 18.2 Å². The molecule has 0 amide bonds. The minimum absolute atomic E-state index is 0.114. The van der Waals surface area contributed by atoms with E-state index >= 15 is 0 Å². The number of carbonyl (C=O) groups is 1. The van der Waals surface area contributed by atoms with Gasteiger partial charge in [0.2, 0.25) is 0 Å². The van der Waals surface area contributed by atoms with Crippen LogP contribution in [-0.4, -0.2) is 36.6 Å². The highest BCUT2D eigenvalue weighted by Gasteiger charge is 2.11. The first-order chi connectivity index (χ1) is 14.2. The smallest absolute Gasteiger partial charge is 0.339 e. The van der Waals surface area contributed by atoms with Crippen molar-refractivity contribution < 1.29 is 35.4 Å². The Balaban J connectivity index is 1.68. The van der Waals surface area contributed by atoms with E-state index in [0.717, 1.165) is 16.7 Å². The van der Waals surface area contributed by atoms with Gasteiger partial charge in [0.05, 0.1) is 0 Å². The molecule has 156 valence electrons. The molecule has 3 rings (SSSR count). The summed E-state index contributed by atoms with van der Waals surface area (Å²) in [6, 6.07) is 12.4. The molecule has 30 heavy (non-hydrogen) atoms. The number of phenols is 5. The van der Waals surface area contributed by atoms with E-state index in [0.29, 0.717) is 31.2 Å². The number of aryl methyl sites for hydroxylation is 4. The predicted octanol–water partition coefficient (Wildman–Crippen LogP) is 3.48. The van der Waals surface area contributed by atoms with Gasteiger partial charge in [-0.05, 0) is 84.3 Å². The molecule has 0 aliphatic heterocycles. The van der Waals surface area contributed by atoms with Crippen molar-refractivity contribution in [2.45, 2.75) is 25.7 Å². The third-order valence-electron chi connectivity index (χ3n) is 4.86. The van der Waals surface area contributed by atoms with Gasteiger partial charge in [0, 0.05) is 0 Å². The van der Waals surface area contributed by atoms with Crippen molar-refractivity contribution in [2.24, 2.45) is 0 Å². The fourth-order valence-electron chi connectivity index (χ4n) is 3.33. The van der Waals surface area contributed by atoms with Crippen molar-refractivity contribution in [2.75, 3.05) is 0 Å². The zero-order valence-corrected chi connectivity index (χ0v) is 16.0. The second-order valence-corrected chi connectivity index (χ2v) is 7.15. The summed E-state index contributed by atoms with van der Waals surface area (Å²) < 4.78 is 0. The maximum Gasteiger partial charge on any atom is 0.339 e. The van der Waals surface area contributed by atoms with E-state index in [1.165, 1.54) is 24.3 Å². The molecule has 0 radical (unpaired) electrons. The molecule has 0 bridgehead atoms. The SMILES string of the molecule is O=C(O)c1ccc(CCc2cc(O)cc(CCc3cc(O)c(O)c(O)c3)c2)cc1O. The van der Waals surface area contributed by atoms with Crippen LogP contribution in [0.25, 0.3) is 0 Å². The summed E-state index contributed by atoms with van der Waals surface area (Å²) in [7, 11) is 0. The number of rotatable bonds is 7. The number of aromatic hydroxyl groups is 5. The van der Waals surface area contributed by atoms with E-state index in [1.807, 2.05) is 6.07 Å². The van der Waals surface area contributed by atoms with Crippen LogP contribution in [0.5, 0.6) is 28.7 Å². The van der Waals surface area contributed by atoms with Gasteiger partial charge >= 0.3 is 5.97 Å². The molecule has 0 saturated carbocycles. The Bertz CT molecular complexity index is 1070. The van der Waals surface area contributed by atoms with Crippen molar-refractivity contribution in [1.82, 2.24) is 0 Å². The molecular weight excluding hydrogens is 388 g/mol. The number of benzene rings is 3. The van der Waals surface area contributed by atoms with Gasteiger partial charge < -0.3 is 30.6 Å². The van der Waals surface area contributed by atoms with Gasteiger partial charge in [0.1, 0.15) is 17.1 Å². The van der Waals surface area contributed by atoms with Crippen LogP contribution in [-0.2, 0) is 25.7 Å². The summed E-state index contributed by atoms with van der Waals surface area (Å²) in [5.74, 6) is -2.69. The summed E-state index contributed by atoms with van der Waals surface area (Å²) in [5.41, 5.74) is 3.01. The van der Waals surface area contributed by atoms with Crippen LogP contribution >= 0.6 is 0 Å². The summed E-state index contributed by atoms with van der Waals surface area (Å²) in [6.07, 6.45) is 2.15. The van der Waals surface area contributed by atoms with Gasteiger partial charge in [-0.25, -0.2) is 4.79 Å². The highest BCUT2D eigenvalue weighted by atomic mass is 16.4. The minimum Gasteiger partial charge on any atom is -0.508 e. The lowest BCUT2D eigenvalue weighted by Gasteiger charge is -2.09. The van der Waals surface area contributed by atoms with E-state index < -0.39 is 23.2 Å². The second kappa shape index (κ2) is 8.65. The zero-order valence-electron chi connectivity index (χ0n) is 16.0. The van der Waals surface area contributed by atoms with Gasteiger partial charge in [-0.15, -0.1) is 0 Å². The number of hydrogen-bond donors (Lipinski definition) is 6. The predicted molar refractivity (Wildman–Crippen MR) is 109 cm³/mol. The van der Waals surface area contributed by atoms with Crippen molar-refractivity contribution in [3.63, 3.8) is 0 Å². The molecule has 0 fully saturated rings. The fourth-order valence-corrected chi connectivity index (χ4v) is 3.33. The molecule has 7 nitrogen and oxygen atoms in total. The molecule has 0 aliphatic rings. The third kappa shape index (κ3) is 4.94. The summed E-state index contributed by atoms with van der Waals surface area (Å²) in [5, 5.41) is 57.5. The highest BCUT2D eigenvalue weighted by molar-refractivity contribution is 5.90. The Morgan fingerprint density at radius 1 is 0.600 bits per heavy atom. The number of phenolic OH excluding ortho intramolecular Hbond substituents is 4. The largest absolute Gasteiger partial charge is 0.508 e. The molecule has 0 aliphatic carbocycles. The average Bonchev–Trinajstić information content (AvgIpc) is 2.68. The molecule has 0 saturated heterocycles. The van der Waals surface area contributed by atoms with Crippen LogP contribution in [0, 0.1) is 0 Å². The normalized spacial score (nSPS) is 10.8. The van der Waals surface area contributed by atoms with Crippen LogP contribution < -0.4 is 0 Å². The van der Waals surface area contributed by atoms with Crippen LogP contribution in [0.2, 0.25) is 0 Å². The lowest BCUT2D eigenvalue weighted by molar-refractivity contribution is 0.0693. The Morgan fingerprint density at radius 2 is 1.07 bits per heavy atom. The molecule has 0 atom stereocenters. The first-order valence-corrected chi connectivity index (χ1v) is 9.33. The topological polar surface area (TPSA) is 138 Å². The molecule has 0 heterocycles. The second-order valence-electron chi connectivity index (χ2n) is 7.15. The van der Waals surface area contributed by atoms with Gasteiger partial charge in [-0.2, -0.15) is 0 Å². The first kappa shape index (κ1) is 20.9. The van der Waals surface area contributed by atoms with Crippen LogP contribution in [0.4, 0.5) is 0 Å². The number of hydrogen-bond acceptors (Lipinski definition) is 6. The quantitative estimate of drug-likeness (QED) is 0.328. The lowest BCUT2D eigenvalue weighted by atomic mass is 9.98. The van der Waals surface area contributed by atoms with Crippen LogP contribution in [0.15, 0.2) is 48.5 Å². The van der Waals surface area contributed by atoms with Crippen LogP contribution in [0.1, 0.15) is 32.6 Å². The van der Waals surface area contributed by atoms with Crippen molar-refractivity contribution >= 4 is 5.97 Å². The monoisotopic (exact) mass is 410 g/mol. The van der Waals surface area contributed by atoms with Crippen molar-refractivity contribution in [1.29, 1.82) is 0 Å². The molecule has 3 aromatic carbocycles. The maximum atomic E-state index is 11.0. The molecular formula is C23H22O7. The highest BCUT2D eigenvalue weighted by Crippen LogP contribution is 2.35. The lowest BCUT2D eigenvalue weighted by Crippen LogP contribution is -1.99. The third-order valence-corrected chi connectivity index (χ3v) is 4.86. The molecule has 6 N–H and O–H groups in total. The van der Waals surface area contributed by atoms with Gasteiger partial charge in [0.25, 0.3) is 0 Å². The van der Waals surface area contributed by atoms with E-state index in [2.05, 4.69) is 0 Å². The maximum absolute atomic E-state index is 11.0. The standard InChI is InChI=1S/C23H22O7/c24-17-8-14(2-1-13-5-6-18(23(29)30)19(25)10-13)7-15(9-17)3-4-16-11-20(26)22(28)21(27)12-16/h5-12,24-28H,1-4H2,(H,29,30). The fraction of sp³-hybridized carbons (Fsp3) is 0.174. The Hall–Kier alpha value is -3.87. The first-order valence-electron chi connectivity index (χ1n) is 9.33. The average molecular weight is 410 g/mol. The van der Waals surface area contributed by atoms with Crippen molar-refractivity contribution in [3.8, 4) is 28.7 Å². The Morgan fingerprint density at radius 3 is 1.57 bits per heavy atom. The zero-order chi connectivity index (χ0) is 21.8.